The van der Waals surface area contributed by atoms with Gasteiger partial charge in [0.25, 0.3) is 0 Å². The van der Waals surface area contributed by atoms with E-state index in [4.69, 9.17) is 4.74 Å². The topological polar surface area (TPSA) is 21.3 Å². The van der Waals surface area contributed by atoms with E-state index in [-0.39, 0.29) is 0 Å². The lowest BCUT2D eigenvalue weighted by atomic mass is 9.94. The molecular weight excluding hydrogens is 150 g/mol. The van der Waals surface area contributed by atoms with Gasteiger partial charge in [-0.15, -0.1) is 0 Å². The van der Waals surface area contributed by atoms with Gasteiger partial charge in [-0.1, -0.05) is 20.8 Å². The molecule has 0 aromatic heterocycles. The number of hydrogen-bond acceptors (Lipinski definition) is 2. The third kappa shape index (κ3) is 5.56. The average Bonchev–Trinajstić information content (AvgIpc) is 2.05. The molecule has 0 radical (unpaired) electrons. The number of rotatable bonds is 7. The highest BCUT2D eigenvalue weighted by Gasteiger charge is 2.10. The van der Waals surface area contributed by atoms with Crippen molar-refractivity contribution in [3.8, 4) is 0 Å². The molecule has 0 aromatic carbocycles. The molecule has 0 aliphatic carbocycles. The minimum Gasteiger partial charge on any atom is -0.384 e. The normalized spacial score (nSPS) is 16.0. The van der Waals surface area contributed by atoms with Gasteiger partial charge in [-0.25, -0.2) is 0 Å². The van der Waals surface area contributed by atoms with Crippen LogP contribution in [0.5, 0.6) is 0 Å². The first kappa shape index (κ1) is 11.9. The maximum absolute atomic E-state index is 5.11. The van der Waals surface area contributed by atoms with E-state index >= 15 is 0 Å². The first-order chi connectivity index (χ1) is 5.72. The van der Waals surface area contributed by atoms with Crippen LogP contribution in [0.15, 0.2) is 0 Å². The van der Waals surface area contributed by atoms with E-state index in [0.717, 1.165) is 25.6 Å². The fourth-order valence-electron chi connectivity index (χ4n) is 1.22. The van der Waals surface area contributed by atoms with Crippen LogP contribution in [-0.2, 0) is 4.74 Å². The molecule has 0 saturated heterocycles. The van der Waals surface area contributed by atoms with Crippen molar-refractivity contribution in [3.63, 3.8) is 0 Å². The zero-order valence-corrected chi connectivity index (χ0v) is 8.89. The first-order valence-corrected chi connectivity index (χ1v) is 4.92. The van der Waals surface area contributed by atoms with Gasteiger partial charge in [0.15, 0.2) is 0 Å². The second-order valence-electron chi connectivity index (χ2n) is 3.55. The average molecular weight is 173 g/mol. The Bertz CT molecular complexity index is 95.8. The predicted molar refractivity (Wildman–Crippen MR) is 53.4 cm³/mol. The molecule has 0 aromatic rings. The van der Waals surface area contributed by atoms with E-state index in [9.17, 15) is 0 Å². The Morgan fingerprint density at radius 2 is 1.92 bits per heavy atom. The minimum absolute atomic E-state index is 0.675. The second-order valence-corrected chi connectivity index (χ2v) is 3.55. The van der Waals surface area contributed by atoms with Crippen LogP contribution in [-0.4, -0.2) is 26.8 Å². The number of ether oxygens (including phenoxy) is 1. The summed E-state index contributed by atoms with van der Waals surface area (Å²) >= 11 is 0. The summed E-state index contributed by atoms with van der Waals surface area (Å²) in [4.78, 5) is 0. The summed E-state index contributed by atoms with van der Waals surface area (Å²) in [5.41, 5.74) is 0. The van der Waals surface area contributed by atoms with Crippen LogP contribution in [0.3, 0.4) is 0 Å². The summed E-state index contributed by atoms with van der Waals surface area (Å²) in [6.45, 7) is 9.77. The minimum atomic E-state index is 0.675. The smallest absolute Gasteiger partial charge is 0.0490 e. The fourth-order valence-corrected chi connectivity index (χ4v) is 1.22. The molecule has 0 fully saturated rings. The van der Waals surface area contributed by atoms with E-state index < -0.39 is 0 Å². The van der Waals surface area contributed by atoms with Gasteiger partial charge in [0.1, 0.15) is 0 Å². The molecular formula is C10H23NO. The van der Waals surface area contributed by atoms with E-state index in [0.29, 0.717) is 5.92 Å². The van der Waals surface area contributed by atoms with Crippen LogP contribution < -0.4 is 5.32 Å². The van der Waals surface area contributed by atoms with E-state index in [2.05, 4.69) is 26.1 Å². The molecule has 1 N–H and O–H groups in total. The maximum atomic E-state index is 5.11. The third-order valence-corrected chi connectivity index (χ3v) is 2.43. The van der Waals surface area contributed by atoms with Gasteiger partial charge in [0.2, 0.25) is 0 Å². The molecule has 0 bridgehead atoms. The zero-order valence-electron chi connectivity index (χ0n) is 8.89. The number of methoxy groups -OCH3 is 1. The maximum Gasteiger partial charge on any atom is 0.0490 e. The van der Waals surface area contributed by atoms with E-state index in [1.165, 1.54) is 6.42 Å². The van der Waals surface area contributed by atoms with Crippen molar-refractivity contribution in [2.45, 2.75) is 27.2 Å². The monoisotopic (exact) mass is 173 g/mol. The summed E-state index contributed by atoms with van der Waals surface area (Å²) in [5.74, 6) is 1.43. The molecule has 0 aliphatic rings. The lowest BCUT2D eigenvalue weighted by molar-refractivity contribution is 0.131. The molecule has 0 rings (SSSR count). The Kier molecular flexibility index (Phi) is 7.51. The van der Waals surface area contributed by atoms with Crippen LogP contribution in [0.1, 0.15) is 27.2 Å². The molecule has 2 heteroatoms. The molecule has 2 atom stereocenters. The predicted octanol–water partition coefficient (Wildman–Crippen LogP) is 1.90. The third-order valence-electron chi connectivity index (χ3n) is 2.43. The highest BCUT2D eigenvalue weighted by molar-refractivity contribution is 4.62. The second kappa shape index (κ2) is 7.56. The Labute approximate surface area is 76.7 Å². The summed E-state index contributed by atoms with van der Waals surface area (Å²) in [5, 5.41) is 3.34. The molecule has 74 valence electrons. The lowest BCUT2D eigenvalue weighted by Crippen LogP contribution is -2.21. The molecule has 12 heavy (non-hydrogen) atoms. The highest BCUT2D eigenvalue weighted by Crippen LogP contribution is 2.14. The Balaban J connectivity index is 3.35. The molecule has 0 heterocycles. The Morgan fingerprint density at radius 1 is 1.25 bits per heavy atom. The summed E-state index contributed by atoms with van der Waals surface area (Å²) in [6.07, 6.45) is 1.25. The van der Waals surface area contributed by atoms with Gasteiger partial charge in [-0.2, -0.15) is 0 Å². The summed E-state index contributed by atoms with van der Waals surface area (Å²) in [6, 6.07) is 0. The van der Waals surface area contributed by atoms with Gasteiger partial charge >= 0.3 is 0 Å². The van der Waals surface area contributed by atoms with Gasteiger partial charge in [-0.05, 0) is 31.3 Å². The van der Waals surface area contributed by atoms with Gasteiger partial charge in [0.05, 0.1) is 0 Å². The molecule has 0 aliphatic heterocycles. The van der Waals surface area contributed by atoms with Gasteiger partial charge < -0.3 is 10.1 Å². The van der Waals surface area contributed by atoms with Crippen molar-refractivity contribution in [2.75, 3.05) is 26.8 Å². The van der Waals surface area contributed by atoms with Gasteiger partial charge in [-0.3, -0.25) is 0 Å². The number of nitrogens with one attached hydrogen (secondary N) is 1. The van der Waals surface area contributed by atoms with Crippen molar-refractivity contribution < 1.29 is 4.74 Å². The standard InChI is InChI=1S/C10H23NO/c1-5-11-7-6-9(2)10(3)8-12-4/h9-11H,5-8H2,1-4H3. The van der Waals surface area contributed by atoms with Crippen LogP contribution in [0.4, 0.5) is 0 Å². The van der Waals surface area contributed by atoms with Crippen LogP contribution in [0.25, 0.3) is 0 Å². The molecule has 2 nitrogen and oxygen atoms in total. The van der Waals surface area contributed by atoms with Gasteiger partial charge in [0, 0.05) is 13.7 Å². The van der Waals surface area contributed by atoms with Crippen molar-refractivity contribution >= 4 is 0 Å². The van der Waals surface area contributed by atoms with Crippen molar-refractivity contribution in [2.24, 2.45) is 11.8 Å². The summed E-state index contributed by atoms with van der Waals surface area (Å²) < 4.78 is 5.11. The Hall–Kier alpha value is -0.0800. The SMILES string of the molecule is CCNCCC(C)C(C)COC. The molecule has 2 unspecified atom stereocenters. The Morgan fingerprint density at radius 3 is 2.42 bits per heavy atom. The molecule has 0 amide bonds. The summed E-state index contributed by atoms with van der Waals surface area (Å²) in [7, 11) is 1.77. The van der Waals surface area contributed by atoms with Crippen LogP contribution in [0, 0.1) is 11.8 Å². The first-order valence-electron chi connectivity index (χ1n) is 4.92. The molecule has 0 spiro atoms. The zero-order chi connectivity index (χ0) is 9.40. The van der Waals surface area contributed by atoms with Crippen LogP contribution in [0.2, 0.25) is 0 Å². The van der Waals surface area contributed by atoms with E-state index in [1.807, 2.05) is 0 Å². The lowest BCUT2D eigenvalue weighted by Gasteiger charge is -2.18. The van der Waals surface area contributed by atoms with Crippen molar-refractivity contribution in [3.05, 3.63) is 0 Å². The van der Waals surface area contributed by atoms with E-state index in [1.54, 1.807) is 7.11 Å². The quantitative estimate of drug-likeness (QED) is 0.594. The highest BCUT2D eigenvalue weighted by atomic mass is 16.5. The molecule has 0 saturated carbocycles. The fraction of sp³-hybridized carbons (Fsp3) is 1.00. The van der Waals surface area contributed by atoms with Crippen molar-refractivity contribution in [1.82, 2.24) is 5.32 Å². The van der Waals surface area contributed by atoms with Crippen molar-refractivity contribution in [1.29, 1.82) is 0 Å². The number of hydrogen-bond donors (Lipinski definition) is 1. The van der Waals surface area contributed by atoms with Crippen LogP contribution >= 0.6 is 0 Å². The largest absolute Gasteiger partial charge is 0.384 e.